The molecule has 0 aliphatic rings. The van der Waals surface area contributed by atoms with Gasteiger partial charge in [0.1, 0.15) is 0 Å². The lowest BCUT2D eigenvalue weighted by molar-refractivity contribution is -0.362. The molecule has 0 radical (unpaired) electrons. The fourth-order valence-corrected chi connectivity index (χ4v) is 3.15. The molecule has 0 amide bonds. The van der Waals surface area contributed by atoms with Crippen LogP contribution in [0.2, 0.25) is 0 Å². The molecule has 0 saturated heterocycles. The van der Waals surface area contributed by atoms with E-state index in [9.17, 15) is 92.2 Å². The second kappa shape index (κ2) is 10.5. The Kier molecular flexibility index (Phi) is 9.37. The molecule has 0 spiro atoms. The van der Waals surface area contributed by atoms with Crippen molar-refractivity contribution in [3.63, 3.8) is 0 Å². The average molecular weight is 654 g/mol. The van der Waals surface area contributed by atoms with Crippen molar-refractivity contribution in [2.24, 2.45) is 0 Å². The number of rotatable bonds is 10. The summed E-state index contributed by atoms with van der Waals surface area (Å²) in [5, 5.41) is 8.67. The summed E-state index contributed by atoms with van der Waals surface area (Å²) in [6, 6.07) is -3.39. The van der Waals surface area contributed by atoms with Crippen molar-refractivity contribution in [3.05, 3.63) is 34.4 Å². The van der Waals surface area contributed by atoms with Crippen molar-refractivity contribution in [2.75, 3.05) is 6.61 Å². The smallest absolute Gasteiger partial charge is 0.396 e. The van der Waals surface area contributed by atoms with E-state index in [4.69, 9.17) is 5.11 Å². The zero-order valence-corrected chi connectivity index (χ0v) is 18.9. The summed E-state index contributed by atoms with van der Waals surface area (Å²) in [6.45, 7) is -1.12. The van der Waals surface area contributed by atoms with Crippen LogP contribution in [0.4, 0.5) is 92.2 Å². The SMILES string of the molecule is OCCCCc1c(C(F)(F)C(F)(F)C(F)(F)F)cc(C(F)(F)C(F)(F)C(F)(F)F)cc1C(F)(F)C(F)(F)C(F)(F)F. The summed E-state index contributed by atoms with van der Waals surface area (Å²) in [6.07, 6.45) is -26.6. The molecule has 1 aromatic carbocycles. The van der Waals surface area contributed by atoms with Gasteiger partial charge in [0.2, 0.25) is 0 Å². The first-order valence-electron chi connectivity index (χ1n) is 10.0. The van der Waals surface area contributed by atoms with E-state index in [1.807, 2.05) is 0 Å². The van der Waals surface area contributed by atoms with E-state index in [2.05, 4.69) is 0 Å². The van der Waals surface area contributed by atoms with Crippen molar-refractivity contribution in [3.8, 4) is 0 Å². The van der Waals surface area contributed by atoms with E-state index in [0.717, 1.165) is 0 Å². The second-order valence-corrected chi connectivity index (χ2v) is 8.17. The number of halogens is 21. The Morgan fingerprint density at radius 1 is 0.439 bits per heavy atom. The van der Waals surface area contributed by atoms with E-state index in [1.54, 1.807) is 0 Å². The summed E-state index contributed by atoms with van der Waals surface area (Å²) in [5.41, 5.74) is -13.8. The molecule has 22 heteroatoms. The fourth-order valence-electron chi connectivity index (χ4n) is 3.15. The quantitative estimate of drug-likeness (QED) is 0.198. The fraction of sp³-hybridized carbons (Fsp3) is 0.684. The number of aliphatic hydroxyl groups excluding tert-OH is 1. The third kappa shape index (κ3) is 5.84. The molecule has 0 fully saturated rings. The molecule has 0 aliphatic heterocycles. The third-order valence-corrected chi connectivity index (χ3v) is 5.37. The van der Waals surface area contributed by atoms with E-state index in [-0.39, 0.29) is 0 Å². The van der Waals surface area contributed by atoms with Crippen molar-refractivity contribution in [2.45, 2.75) is 73.3 Å². The summed E-state index contributed by atoms with van der Waals surface area (Å²) in [7, 11) is 0. The standard InChI is InChI=1S/C19H11F21O/c20-11(21,14(26,27)17(32,33)34)7-5-9(12(22,23)15(28,29)18(35,36)37)8(3-1-2-4-41)10(6-7)13(24,25)16(30,31)19(38,39)40/h5-6,41H,1-4H2. The zero-order valence-electron chi connectivity index (χ0n) is 18.9. The minimum Gasteiger partial charge on any atom is -0.396 e. The van der Waals surface area contributed by atoms with Crippen LogP contribution in [0.3, 0.4) is 0 Å². The lowest BCUT2D eigenvalue weighted by atomic mass is 9.82. The van der Waals surface area contributed by atoms with Crippen LogP contribution >= 0.6 is 0 Å². The molecule has 0 heterocycles. The molecule has 1 aromatic rings. The first kappa shape index (κ1) is 36.7. The number of hydrogen-bond donors (Lipinski definition) is 1. The Hall–Kier alpha value is -2.29. The minimum absolute atomic E-state index is 0.884. The van der Waals surface area contributed by atoms with Crippen LogP contribution in [0.1, 0.15) is 35.1 Å². The molecule has 0 saturated carbocycles. The van der Waals surface area contributed by atoms with Gasteiger partial charge in [-0.1, -0.05) is 0 Å². The highest BCUT2D eigenvalue weighted by molar-refractivity contribution is 5.48. The van der Waals surface area contributed by atoms with Gasteiger partial charge in [-0.2, -0.15) is 92.2 Å². The second-order valence-electron chi connectivity index (χ2n) is 8.17. The number of hydrogen-bond acceptors (Lipinski definition) is 1. The maximum Gasteiger partial charge on any atom is 0.460 e. The first-order chi connectivity index (χ1) is 17.8. The number of aliphatic hydroxyl groups is 1. The van der Waals surface area contributed by atoms with Crippen molar-refractivity contribution >= 4 is 0 Å². The van der Waals surface area contributed by atoms with Crippen LogP contribution in [-0.2, 0) is 24.2 Å². The summed E-state index contributed by atoms with van der Waals surface area (Å²) in [5.74, 6) is -44.5. The minimum atomic E-state index is -7.61. The van der Waals surface area contributed by atoms with Gasteiger partial charge in [0, 0.05) is 23.3 Å². The Balaban J connectivity index is 4.53. The van der Waals surface area contributed by atoms with E-state index < -0.39 is 114 Å². The predicted molar refractivity (Wildman–Crippen MR) is 91.2 cm³/mol. The summed E-state index contributed by atoms with van der Waals surface area (Å²) >= 11 is 0. The van der Waals surface area contributed by atoms with Crippen LogP contribution in [0.5, 0.6) is 0 Å². The lowest BCUT2D eigenvalue weighted by Gasteiger charge is -2.35. The highest BCUT2D eigenvalue weighted by atomic mass is 19.4. The largest absolute Gasteiger partial charge is 0.460 e. The molecule has 1 N–H and O–H groups in total. The van der Waals surface area contributed by atoms with E-state index in [1.165, 1.54) is 0 Å². The van der Waals surface area contributed by atoms with Gasteiger partial charge in [0.25, 0.3) is 0 Å². The molecule has 0 unspecified atom stereocenters. The number of benzene rings is 1. The molecular formula is C19H11F21O. The van der Waals surface area contributed by atoms with Gasteiger partial charge in [0.15, 0.2) is 0 Å². The van der Waals surface area contributed by atoms with Crippen molar-refractivity contribution in [1.29, 1.82) is 0 Å². The highest BCUT2D eigenvalue weighted by Gasteiger charge is 2.78. The van der Waals surface area contributed by atoms with Crippen LogP contribution in [0.15, 0.2) is 12.1 Å². The van der Waals surface area contributed by atoms with E-state index >= 15 is 0 Å². The predicted octanol–water partition coefficient (Wildman–Crippen LogP) is 8.87. The van der Waals surface area contributed by atoms with Crippen LogP contribution < -0.4 is 0 Å². The zero-order chi connectivity index (χ0) is 33.1. The molecule has 41 heavy (non-hydrogen) atoms. The summed E-state index contributed by atoms with van der Waals surface area (Å²) in [4.78, 5) is 0. The van der Waals surface area contributed by atoms with Crippen molar-refractivity contribution < 1.29 is 97.3 Å². The Morgan fingerprint density at radius 2 is 0.732 bits per heavy atom. The van der Waals surface area contributed by atoms with Gasteiger partial charge in [0.05, 0.1) is 0 Å². The molecule has 1 nitrogen and oxygen atoms in total. The monoisotopic (exact) mass is 654 g/mol. The van der Waals surface area contributed by atoms with Gasteiger partial charge in [-0.25, -0.2) is 0 Å². The Labute approximate surface area is 212 Å². The molecule has 0 bridgehead atoms. The molecule has 0 aromatic heterocycles. The maximum absolute atomic E-state index is 14.6. The Bertz CT molecular complexity index is 1020. The molecular weight excluding hydrogens is 643 g/mol. The molecule has 1 rings (SSSR count). The summed E-state index contributed by atoms with van der Waals surface area (Å²) < 4.78 is 283. The third-order valence-electron chi connectivity index (χ3n) is 5.37. The van der Waals surface area contributed by atoms with Gasteiger partial charge in [-0.3, -0.25) is 0 Å². The molecule has 240 valence electrons. The number of unbranched alkanes of at least 4 members (excludes halogenated alkanes) is 1. The lowest BCUT2D eigenvalue weighted by Crippen LogP contribution is -2.53. The Morgan fingerprint density at radius 3 is 1.00 bits per heavy atom. The maximum atomic E-state index is 14.6. The highest BCUT2D eigenvalue weighted by Crippen LogP contribution is 2.59. The topological polar surface area (TPSA) is 20.2 Å². The molecule has 0 atom stereocenters. The van der Waals surface area contributed by atoms with Crippen LogP contribution in [-0.4, -0.2) is 48.0 Å². The molecule has 0 aliphatic carbocycles. The van der Waals surface area contributed by atoms with Crippen LogP contribution in [0, 0.1) is 0 Å². The normalized spacial score (nSPS) is 15.5. The first-order valence-corrected chi connectivity index (χ1v) is 10.0. The van der Waals surface area contributed by atoms with Crippen LogP contribution in [0.25, 0.3) is 0 Å². The van der Waals surface area contributed by atoms with Gasteiger partial charge >= 0.3 is 54.1 Å². The van der Waals surface area contributed by atoms with Gasteiger partial charge in [-0.05, 0) is 37.0 Å². The van der Waals surface area contributed by atoms with Crippen molar-refractivity contribution in [1.82, 2.24) is 0 Å². The number of alkyl halides is 21. The average Bonchev–Trinajstić information content (AvgIpc) is 2.76. The van der Waals surface area contributed by atoms with Gasteiger partial charge in [-0.15, -0.1) is 0 Å². The van der Waals surface area contributed by atoms with E-state index in [0.29, 0.717) is 0 Å². The van der Waals surface area contributed by atoms with Gasteiger partial charge < -0.3 is 5.11 Å².